The highest BCUT2D eigenvalue weighted by Gasteiger charge is 2.51. The summed E-state index contributed by atoms with van der Waals surface area (Å²) < 4.78 is 11.0. The zero-order chi connectivity index (χ0) is 30.5. The Labute approximate surface area is 241 Å². The summed E-state index contributed by atoms with van der Waals surface area (Å²) in [7, 11) is 1.28. The van der Waals surface area contributed by atoms with Gasteiger partial charge in [0.2, 0.25) is 12.2 Å². The van der Waals surface area contributed by atoms with Gasteiger partial charge in [-0.25, -0.2) is 0 Å². The van der Waals surface area contributed by atoms with E-state index in [9.17, 15) is 25.2 Å². The number of aliphatic hydroxyl groups excluding tert-OH is 4. The number of methoxy groups -OCH3 is 1. The molecule has 2 aromatic carbocycles. The lowest BCUT2D eigenvalue weighted by Gasteiger charge is -2.32. The lowest BCUT2D eigenvalue weighted by atomic mass is 9.68. The average Bonchev–Trinajstić information content (AvgIpc) is 3.22. The summed E-state index contributed by atoms with van der Waals surface area (Å²) in [6, 6.07) is 11.8. The van der Waals surface area contributed by atoms with E-state index in [1.807, 2.05) is 39.8 Å². The first-order valence-electron chi connectivity index (χ1n) is 13.5. The minimum atomic E-state index is -1.62. The van der Waals surface area contributed by atoms with Gasteiger partial charge in [0.05, 0.1) is 6.10 Å². The van der Waals surface area contributed by atoms with Crippen LogP contribution in [0.3, 0.4) is 0 Å². The maximum absolute atomic E-state index is 14.0. The summed E-state index contributed by atoms with van der Waals surface area (Å²) in [5.74, 6) is -0.156. The molecule has 6 N–H and O–H groups in total. The van der Waals surface area contributed by atoms with Crippen LogP contribution in [-0.4, -0.2) is 69.8 Å². The molecule has 0 spiro atoms. The van der Waals surface area contributed by atoms with E-state index in [-0.39, 0.29) is 35.8 Å². The molecule has 2 unspecified atom stereocenters. The number of phenolic OH excluding ortho intramolecular Hbond substituents is 1. The number of carbonyl (C=O) groups is 1. The van der Waals surface area contributed by atoms with Gasteiger partial charge in [-0.05, 0) is 65.8 Å². The van der Waals surface area contributed by atoms with Gasteiger partial charge >= 0.3 is 0 Å². The molecule has 5 atom stereocenters. The van der Waals surface area contributed by atoms with Crippen LogP contribution in [0.1, 0.15) is 50.8 Å². The Morgan fingerprint density at radius 3 is 2.27 bits per heavy atom. The highest BCUT2D eigenvalue weighted by molar-refractivity contribution is 6.02. The second kappa shape index (κ2) is 13.0. The van der Waals surface area contributed by atoms with Crippen LogP contribution in [0.2, 0.25) is 0 Å². The van der Waals surface area contributed by atoms with Crippen LogP contribution in [0.25, 0.3) is 0 Å². The number of aliphatic hydroxyl groups is 4. The Bertz CT molecular complexity index is 1290. The monoisotopic (exact) mass is 567 g/mol. The fourth-order valence-electron chi connectivity index (χ4n) is 5.05. The highest BCUT2D eigenvalue weighted by Crippen LogP contribution is 2.49. The predicted molar refractivity (Wildman–Crippen MR) is 155 cm³/mol. The molecule has 222 valence electrons. The number of rotatable bonds is 12. The maximum Gasteiger partial charge on any atom is 0.244 e. The first kappa shape index (κ1) is 32.0. The van der Waals surface area contributed by atoms with Gasteiger partial charge in [-0.2, -0.15) is 0 Å². The largest absolute Gasteiger partial charge is 0.508 e. The molecular weight excluding hydrogens is 526 g/mol. The van der Waals surface area contributed by atoms with Gasteiger partial charge in [-0.15, -0.1) is 0 Å². The van der Waals surface area contributed by atoms with E-state index >= 15 is 0 Å². The van der Waals surface area contributed by atoms with E-state index in [2.05, 4.69) is 11.9 Å². The highest BCUT2D eigenvalue weighted by atomic mass is 16.7. The molecule has 0 fully saturated rings. The molecule has 0 bridgehead atoms. The number of ether oxygens (including phenoxy) is 2. The third kappa shape index (κ3) is 6.24. The third-order valence-corrected chi connectivity index (χ3v) is 7.31. The molecule has 1 aliphatic heterocycles. The smallest absolute Gasteiger partial charge is 0.244 e. The van der Waals surface area contributed by atoms with Gasteiger partial charge in [-0.3, -0.25) is 4.79 Å². The zero-order valence-corrected chi connectivity index (χ0v) is 24.2. The second-order valence-corrected chi connectivity index (χ2v) is 11.0. The first-order valence-corrected chi connectivity index (χ1v) is 13.5. The molecule has 2 aromatic rings. The lowest BCUT2D eigenvalue weighted by Crippen LogP contribution is -2.47. The molecule has 41 heavy (non-hydrogen) atoms. The summed E-state index contributed by atoms with van der Waals surface area (Å²) in [6.07, 6.45) is -0.914. The predicted octanol–water partition coefficient (Wildman–Crippen LogP) is 2.94. The number of nitrogens with one attached hydrogen (secondary N) is 1. The fraction of sp³-hybridized carbons (Fsp3) is 0.406. The maximum atomic E-state index is 14.0. The molecule has 1 heterocycles. The molecule has 0 saturated heterocycles. The number of carbonyl (C=O) groups excluding carboxylic acids is 1. The quantitative estimate of drug-likeness (QED) is 0.215. The van der Waals surface area contributed by atoms with E-state index in [4.69, 9.17) is 14.6 Å². The van der Waals surface area contributed by atoms with Crippen molar-refractivity contribution in [1.29, 1.82) is 0 Å². The Morgan fingerprint density at radius 1 is 1.07 bits per heavy atom. The standard InChI is InChI=1S/C32H41NO8/c1-7-9-24-22(8-2)32(30(39)33-24,23-18-20(31(3,4)5)12-15-25(23)35)19-10-13-21(14-11-19)41-29(40-6)28(38)27(37)26(36)16-17-34/h7-15,18,26-29,34-38H,2,16-17H2,1,3-6H3,(H,33,39)/b9-7-/t26-,27?,28+,29+,32?/m1/s1. The number of allylic oxidation sites excluding steroid dienone is 3. The number of hydrogen-bond donors (Lipinski definition) is 6. The van der Waals surface area contributed by atoms with Crippen molar-refractivity contribution in [2.45, 2.75) is 69.5 Å². The van der Waals surface area contributed by atoms with E-state index < -0.39 is 30.0 Å². The van der Waals surface area contributed by atoms with Crippen LogP contribution in [0.5, 0.6) is 11.5 Å². The number of amides is 1. The molecule has 0 saturated carbocycles. The van der Waals surface area contributed by atoms with Crippen molar-refractivity contribution in [3.05, 3.63) is 95.2 Å². The van der Waals surface area contributed by atoms with Gasteiger partial charge < -0.3 is 40.3 Å². The van der Waals surface area contributed by atoms with Gasteiger partial charge in [-0.1, -0.05) is 57.7 Å². The van der Waals surface area contributed by atoms with Crippen molar-refractivity contribution < 1.29 is 39.8 Å². The number of aromatic hydroxyl groups is 1. The topological polar surface area (TPSA) is 149 Å². The average molecular weight is 568 g/mol. The fourth-order valence-corrected chi connectivity index (χ4v) is 5.05. The van der Waals surface area contributed by atoms with Crippen LogP contribution < -0.4 is 10.1 Å². The van der Waals surface area contributed by atoms with Gasteiger partial charge in [0.1, 0.15) is 29.1 Å². The van der Waals surface area contributed by atoms with Gasteiger partial charge in [0, 0.05) is 25.0 Å². The first-order chi connectivity index (χ1) is 19.4. The van der Waals surface area contributed by atoms with Crippen molar-refractivity contribution >= 4 is 5.91 Å². The van der Waals surface area contributed by atoms with Crippen molar-refractivity contribution in [3.8, 4) is 11.5 Å². The van der Waals surface area contributed by atoms with E-state index in [1.54, 1.807) is 48.6 Å². The second-order valence-electron chi connectivity index (χ2n) is 11.0. The summed E-state index contributed by atoms with van der Waals surface area (Å²) in [6.45, 7) is 11.6. The normalized spacial score (nSPS) is 20.6. The van der Waals surface area contributed by atoms with Crippen LogP contribution in [-0.2, 0) is 20.4 Å². The van der Waals surface area contributed by atoms with Crippen molar-refractivity contribution in [2.24, 2.45) is 0 Å². The Kier molecular flexibility index (Phi) is 10.2. The summed E-state index contributed by atoms with van der Waals surface area (Å²) in [5.41, 5.74) is 1.30. The van der Waals surface area contributed by atoms with E-state index in [0.29, 0.717) is 22.4 Å². The Hall–Kier alpha value is -3.47. The molecular formula is C32H41NO8. The minimum Gasteiger partial charge on any atom is -0.508 e. The lowest BCUT2D eigenvalue weighted by molar-refractivity contribution is -0.179. The summed E-state index contributed by atoms with van der Waals surface area (Å²) in [5, 5.41) is 53.8. The molecule has 1 amide bonds. The molecule has 9 heteroatoms. The SMILES string of the molecule is C=CC1=C(/C=C\C)NC(=O)C1(c1ccc(O[C@H](OC)[C@@H](O)C(O)[C@H](O)CCO)cc1)c1cc(C(C)(C)C)ccc1O. The van der Waals surface area contributed by atoms with Crippen LogP contribution >= 0.6 is 0 Å². The number of phenols is 1. The van der Waals surface area contributed by atoms with Crippen LogP contribution in [0.4, 0.5) is 0 Å². The van der Waals surface area contributed by atoms with Gasteiger partial charge in [0.15, 0.2) is 0 Å². The van der Waals surface area contributed by atoms with Crippen molar-refractivity contribution in [2.75, 3.05) is 13.7 Å². The Morgan fingerprint density at radius 2 is 1.73 bits per heavy atom. The molecule has 3 rings (SSSR count). The molecule has 0 radical (unpaired) electrons. The van der Waals surface area contributed by atoms with Crippen molar-refractivity contribution in [3.63, 3.8) is 0 Å². The van der Waals surface area contributed by atoms with E-state index in [0.717, 1.165) is 5.56 Å². The zero-order valence-electron chi connectivity index (χ0n) is 24.2. The molecule has 1 aliphatic rings. The number of hydrogen-bond acceptors (Lipinski definition) is 8. The molecule has 9 nitrogen and oxygen atoms in total. The van der Waals surface area contributed by atoms with Crippen LogP contribution in [0.15, 0.2) is 78.5 Å². The minimum absolute atomic E-state index is 0.0486. The van der Waals surface area contributed by atoms with Gasteiger partial charge in [0.25, 0.3) is 0 Å². The summed E-state index contributed by atoms with van der Waals surface area (Å²) >= 11 is 0. The van der Waals surface area contributed by atoms with Crippen molar-refractivity contribution in [1.82, 2.24) is 5.32 Å². The molecule has 0 aromatic heterocycles. The van der Waals surface area contributed by atoms with E-state index in [1.165, 1.54) is 7.11 Å². The Balaban J connectivity index is 2.13. The number of benzene rings is 2. The summed E-state index contributed by atoms with van der Waals surface area (Å²) in [4.78, 5) is 14.0. The molecule has 0 aliphatic carbocycles. The van der Waals surface area contributed by atoms with Crippen LogP contribution in [0, 0.1) is 0 Å². The third-order valence-electron chi connectivity index (χ3n) is 7.31.